The summed E-state index contributed by atoms with van der Waals surface area (Å²) in [5.41, 5.74) is 0. The SMILES string of the molecule is C[Si](C)(CCCOCC1CO1)O[Si](C)(O[Si](C)(C)CCCOCC1CO1)O[Si](C)(C)CCCOCC1CO1. The number of rotatable bonds is 24. The Morgan fingerprint density at radius 1 is 0.500 bits per heavy atom. The molecule has 3 rings (SSSR count). The van der Waals surface area contributed by atoms with Crippen molar-refractivity contribution in [1.82, 2.24) is 0 Å². The van der Waals surface area contributed by atoms with E-state index in [1.807, 2.05) is 0 Å². The van der Waals surface area contributed by atoms with Crippen LogP contribution >= 0.6 is 0 Å². The van der Waals surface area contributed by atoms with E-state index >= 15 is 0 Å². The molecule has 3 fully saturated rings. The van der Waals surface area contributed by atoms with E-state index in [9.17, 15) is 0 Å². The van der Waals surface area contributed by atoms with E-state index in [0.29, 0.717) is 38.1 Å². The maximum absolute atomic E-state index is 7.00. The highest BCUT2D eigenvalue weighted by molar-refractivity contribution is 6.90. The van der Waals surface area contributed by atoms with E-state index in [4.69, 9.17) is 40.8 Å². The number of hydrogen-bond donors (Lipinski definition) is 0. The molecule has 0 aliphatic carbocycles. The van der Waals surface area contributed by atoms with E-state index in [-0.39, 0.29) is 0 Å². The lowest BCUT2D eigenvalue weighted by molar-refractivity contribution is 0.115. The van der Waals surface area contributed by atoms with Gasteiger partial charge in [-0.1, -0.05) is 0 Å². The lowest BCUT2D eigenvalue weighted by Crippen LogP contribution is -2.60. The molecule has 0 spiro atoms. The van der Waals surface area contributed by atoms with Gasteiger partial charge in [-0.15, -0.1) is 0 Å². The summed E-state index contributed by atoms with van der Waals surface area (Å²) in [7, 11) is -8.98. The molecule has 38 heavy (non-hydrogen) atoms. The molecule has 3 unspecified atom stereocenters. The molecule has 0 bridgehead atoms. The summed E-state index contributed by atoms with van der Waals surface area (Å²) < 4.78 is 54.0. The van der Waals surface area contributed by atoms with E-state index in [2.05, 4.69) is 45.8 Å². The topological polar surface area (TPSA) is 93.0 Å². The molecule has 3 aliphatic rings. The molecule has 3 atom stereocenters. The molecule has 3 aliphatic heterocycles. The minimum atomic E-state index is -2.88. The third kappa shape index (κ3) is 15.5. The molecular weight excluding hydrogens is 557 g/mol. The zero-order chi connectivity index (χ0) is 27.7. The molecule has 3 saturated heterocycles. The highest BCUT2D eigenvalue weighted by atomic mass is 28.5. The van der Waals surface area contributed by atoms with Crippen LogP contribution in [0.15, 0.2) is 0 Å². The van der Waals surface area contributed by atoms with Crippen LogP contribution in [0.4, 0.5) is 0 Å². The fraction of sp³-hybridized carbons (Fsp3) is 1.00. The third-order valence-electron chi connectivity index (χ3n) is 6.71. The van der Waals surface area contributed by atoms with Gasteiger partial charge in [0.2, 0.25) is 0 Å². The first-order valence-corrected chi connectivity index (χ1v) is 26.1. The van der Waals surface area contributed by atoms with Gasteiger partial charge < -0.3 is 40.8 Å². The van der Waals surface area contributed by atoms with Gasteiger partial charge in [-0.25, -0.2) is 0 Å². The van der Waals surface area contributed by atoms with Gasteiger partial charge in [-0.05, 0) is 76.7 Å². The van der Waals surface area contributed by atoms with E-state index < -0.39 is 33.8 Å². The zero-order valence-electron chi connectivity index (χ0n) is 25.0. The minimum absolute atomic E-state index is 0.313. The fourth-order valence-electron chi connectivity index (χ4n) is 4.66. The van der Waals surface area contributed by atoms with Gasteiger partial charge in [-0.3, -0.25) is 0 Å². The summed E-state index contributed by atoms with van der Waals surface area (Å²) in [4.78, 5) is 0. The van der Waals surface area contributed by atoms with Gasteiger partial charge in [0.25, 0.3) is 0 Å². The van der Waals surface area contributed by atoms with Crippen molar-refractivity contribution in [3.05, 3.63) is 0 Å². The first-order chi connectivity index (χ1) is 17.9. The Morgan fingerprint density at radius 3 is 1.00 bits per heavy atom. The van der Waals surface area contributed by atoms with Crippen molar-refractivity contribution in [3.8, 4) is 0 Å². The van der Waals surface area contributed by atoms with Crippen LogP contribution in [0.2, 0.25) is 64.0 Å². The van der Waals surface area contributed by atoms with Gasteiger partial charge in [0.15, 0.2) is 25.0 Å². The second-order valence-corrected chi connectivity index (χ2v) is 29.1. The zero-order valence-corrected chi connectivity index (χ0v) is 29.0. The second-order valence-electron chi connectivity index (χ2n) is 12.8. The van der Waals surface area contributed by atoms with E-state index in [0.717, 1.165) is 77.0 Å². The fourth-order valence-corrected chi connectivity index (χ4v) is 22.5. The quantitative estimate of drug-likeness (QED) is 0.0881. The van der Waals surface area contributed by atoms with Crippen LogP contribution in [0.3, 0.4) is 0 Å². The van der Waals surface area contributed by atoms with E-state index in [1.54, 1.807) is 0 Å². The molecule has 0 aromatic carbocycles. The van der Waals surface area contributed by atoms with Crippen molar-refractivity contribution in [2.75, 3.05) is 59.5 Å². The van der Waals surface area contributed by atoms with Crippen LogP contribution in [0.5, 0.6) is 0 Å². The summed E-state index contributed by atoms with van der Waals surface area (Å²) in [5.74, 6) is 0. The molecule has 224 valence electrons. The van der Waals surface area contributed by atoms with E-state index in [1.165, 1.54) is 0 Å². The van der Waals surface area contributed by atoms with Crippen molar-refractivity contribution >= 4 is 33.8 Å². The minimum Gasteiger partial charge on any atom is -0.417 e. The predicted octanol–water partition coefficient (Wildman–Crippen LogP) is 4.64. The van der Waals surface area contributed by atoms with Gasteiger partial charge in [0.05, 0.1) is 39.6 Å². The summed E-state index contributed by atoms with van der Waals surface area (Å²) >= 11 is 0. The maximum Gasteiger partial charge on any atom is 0.466 e. The van der Waals surface area contributed by atoms with Crippen molar-refractivity contribution in [3.63, 3.8) is 0 Å². The second kappa shape index (κ2) is 15.1. The van der Waals surface area contributed by atoms with Crippen LogP contribution < -0.4 is 0 Å². The Balaban J connectivity index is 1.49. The monoisotopic (exact) mass is 610 g/mol. The number of hydrogen-bond acceptors (Lipinski definition) is 9. The number of ether oxygens (including phenoxy) is 6. The summed E-state index contributed by atoms with van der Waals surface area (Å²) in [5, 5.41) is 0. The summed E-state index contributed by atoms with van der Waals surface area (Å²) in [6, 6.07) is 3.06. The standard InChI is InChI=1S/C25H54O9Si4/c1-35(2,14-8-11-26-17-23-20-29-23)32-38(7,33-36(3,4)15-9-12-27-18-24-21-30-24)34-37(5,6)16-10-13-28-19-25-22-31-25/h23-25H,8-22H2,1-7H3. The van der Waals surface area contributed by atoms with Crippen LogP contribution in [0.25, 0.3) is 0 Å². The summed E-state index contributed by atoms with van der Waals surface area (Å²) in [6.45, 7) is 22.8. The molecule has 0 aromatic heterocycles. The molecular formula is C25H54O9Si4. The van der Waals surface area contributed by atoms with Gasteiger partial charge in [-0.2, -0.15) is 0 Å². The first-order valence-electron chi connectivity index (χ1n) is 14.5. The number of epoxide rings is 3. The Morgan fingerprint density at radius 2 is 0.763 bits per heavy atom. The molecule has 9 nitrogen and oxygen atoms in total. The normalized spacial score (nSPS) is 24.9. The average Bonchev–Trinajstić information content (AvgIpc) is 3.63. The molecule has 0 amide bonds. The lowest BCUT2D eigenvalue weighted by atomic mass is 10.5. The van der Waals surface area contributed by atoms with Crippen molar-refractivity contribution < 1.29 is 40.8 Å². The lowest BCUT2D eigenvalue weighted by Gasteiger charge is -2.43. The Labute approximate surface area is 235 Å². The Bertz CT molecular complexity index is 597. The predicted molar refractivity (Wildman–Crippen MR) is 157 cm³/mol. The smallest absolute Gasteiger partial charge is 0.417 e. The average molecular weight is 611 g/mol. The van der Waals surface area contributed by atoms with Gasteiger partial charge >= 0.3 is 8.80 Å². The molecule has 3 heterocycles. The molecule has 0 N–H and O–H groups in total. The van der Waals surface area contributed by atoms with Crippen LogP contribution in [-0.4, -0.2) is 112 Å². The summed E-state index contributed by atoms with van der Waals surface area (Å²) in [6.07, 6.45) is 3.90. The third-order valence-corrected chi connectivity index (χ3v) is 22.5. The van der Waals surface area contributed by atoms with Crippen molar-refractivity contribution in [2.45, 2.75) is 102 Å². The van der Waals surface area contributed by atoms with Crippen molar-refractivity contribution in [2.24, 2.45) is 0 Å². The highest BCUT2D eigenvalue weighted by Gasteiger charge is 2.48. The first kappa shape index (κ1) is 33.0. The highest BCUT2D eigenvalue weighted by Crippen LogP contribution is 2.31. The largest absolute Gasteiger partial charge is 0.466 e. The van der Waals surface area contributed by atoms with Gasteiger partial charge in [0, 0.05) is 26.4 Å². The molecule has 13 heteroatoms. The maximum atomic E-state index is 7.00. The molecule has 0 saturated carbocycles. The molecule has 0 radical (unpaired) electrons. The Kier molecular flexibility index (Phi) is 13.1. The Hall–Kier alpha value is 0.508. The van der Waals surface area contributed by atoms with Crippen LogP contribution in [0.1, 0.15) is 19.3 Å². The van der Waals surface area contributed by atoms with Crippen LogP contribution in [0, 0.1) is 0 Å². The molecule has 0 aromatic rings. The van der Waals surface area contributed by atoms with Crippen molar-refractivity contribution in [1.29, 1.82) is 0 Å². The van der Waals surface area contributed by atoms with Crippen LogP contribution in [-0.2, 0) is 40.8 Å². The van der Waals surface area contributed by atoms with Gasteiger partial charge in [0.1, 0.15) is 18.3 Å².